The number of carbonyl (C=O) groups excluding carboxylic acids is 2. The standard InChI is InChI=1S/C23H22N4O5S/c1-14-18(13-32-31-3)19(15-8-5-4-6-9-15)27-21(28)20(33-23(27)24-14)26-25-17-11-7-10-16(12-17)22(29)30-2/h4-12,19,25H,13H2,1-3H3/b26-20-. The number of nitrogens with one attached hydrogen (secondary N) is 1. The molecule has 1 N–H and O–H groups in total. The summed E-state index contributed by atoms with van der Waals surface area (Å²) in [4.78, 5) is 41.4. The first kappa shape index (κ1) is 22.7. The van der Waals surface area contributed by atoms with Crippen molar-refractivity contribution in [3.63, 3.8) is 0 Å². The van der Waals surface area contributed by atoms with Crippen molar-refractivity contribution >= 4 is 39.5 Å². The van der Waals surface area contributed by atoms with Gasteiger partial charge in [0, 0.05) is 11.3 Å². The van der Waals surface area contributed by atoms with Crippen LogP contribution >= 0.6 is 11.8 Å². The van der Waals surface area contributed by atoms with E-state index in [1.54, 1.807) is 29.2 Å². The van der Waals surface area contributed by atoms with Crippen LogP contribution < -0.4 is 5.43 Å². The van der Waals surface area contributed by atoms with Crippen molar-refractivity contribution in [2.75, 3.05) is 26.3 Å². The number of carbonyl (C=O) groups is 2. The molecule has 9 nitrogen and oxygen atoms in total. The molecule has 2 aromatic carbocycles. The van der Waals surface area contributed by atoms with Gasteiger partial charge in [-0.2, -0.15) is 5.10 Å². The highest BCUT2D eigenvalue weighted by Crippen LogP contribution is 2.41. The van der Waals surface area contributed by atoms with Crippen LogP contribution in [0.15, 0.2) is 76.0 Å². The molecular formula is C23H22N4O5S. The van der Waals surface area contributed by atoms with E-state index < -0.39 is 12.0 Å². The van der Waals surface area contributed by atoms with Crippen molar-refractivity contribution in [2.45, 2.75) is 13.0 Å². The number of methoxy groups -OCH3 is 1. The van der Waals surface area contributed by atoms with Crippen molar-refractivity contribution in [1.82, 2.24) is 4.90 Å². The van der Waals surface area contributed by atoms with Crippen LogP contribution in [-0.2, 0) is 19.3 Å². The van der Waals surface area contributed by atoms with Gasteiger partial charge in [0.15, 0.2) is 10.2 Å². The van der Waals surface area contributed by atoms with E-state index in [1.807, 2.05) is 37.3 Å². The van der Waals surface area contributed by atoms with Crippen LogP contribution in [0, 0.1) is 0 Å². The molecule has 4 rings (SSSR count). The van der Waals surface area contributed by atoms with Gasteiger partial charge in [0.05, 0.1) is 31.5 Å². The van der Waals surface area contributed by atoms with E-state index >= 15 is 0 Å². The van der Waals surface area contributed by atoms with Gasteiger partial charge in [-0.25, -0.2) is 19.6 Å². The monoisotopic (exact) mass is 466 g/mol. The van der Waals surface area contributed by atoms with Crippen LogP contribution in [0.5, 0.6) is 0 Å². The van der Waals surface area contributed by atoms with Gasteiger partial charge in [0.2, 0.25) is 0 Å². The second kappa shape index (κ2) is 9.99. The number of nitrogens with zero attached hydrogens (tertiary/aromatic N) is 3. The Morgan fingerprint density at radius 3 is 2.70 bits per heavy atom. The smallest absolute Gasteiger partial charge is 0.337 e. The molecule has 1 amide bonds. The molecule has 1 saturated heterocycles. The number of benzene rings is 2. The average molecular weight is 467 g/mol. The Labute approximate surface area is 195 Å². The summed E-state index contributed by atoms with van der Waals surface area (Å²) in [6, 6.07) is 16.0. The minimum atomic E-state index is -0.456. The maximum absolute atomic E-state index is 13.4. The fourth-order valence-corrected chi connectivity index (χ4v) is 4.47. The second-order valence-corrected chi connectivity index (χ2v) is 8.08. The molecule has 0 aromatic heterocycles. The Bertz CT molecular complexity index is 1160. The summed E-state index contributed by atoms with van der Waals surface area (Å²) in [7, 11) is 2.76. The Kier molecular flexibility index (Phi) is 6.87. The van der Waals surface area contributed by atoms with Gasteiger partial charge in [-0.05, 0) is 42.4 Å². The van der Waals surface area contributed by atoms with E-state index in [-0.39, 0.29) is 17.6 Å². The van der Waals surface area contributed by atoms with Crippen LogP contribution in [0.3, 0.4) is 0 Å². The molecule has 33 heavy (non-hydrogen) atoms. The Morgan fingerprint density at radius 1 is 1.18 bits per heavy atom. The van der Waals surface area contributed by atoms with Crippen molar-refractivity contribution in [2.24, 2.45) is 10.1 Å². The quantitative estimate of drug-likeness (QED) is 0.377. The minimum Gasteiger partial charge on any atom is -0.465 e. The first-order valence-electron chi connectivity index (χ1n) is 10.1. The number of anilines is 1. The number of esters is 1. The molecule has 0 radical (unpaired) electrons. The Hall–Kier alpha value is -3.47. The molecule has 0 aliphatic carbocycles. The SMILES string of the molecule is COOCC1=C(C)N=C2S/C(=N\Nc3cccc(C(=O)OC)c3)C(=O)N2C1c1ccccc1. The lowest BCUT2D eigenvalue weighted by atomic mass is 9.95. The Morgan fingerprint density at radius 2 is 1.97 bits per heavy atom. The van der Waals surface area contributed by atoms with Gasteiger partial charge >= 0.3 is 5.97 Å². The summed E-state index contributed by atoms with van der Waals surface area (Å²) in [5, 5.41) is 5.07. The lowest BCUT2D eigenvalue weighted by molar-refractivity contribution is -0.266. The molecule has 2 aliphatic heterocycles. The lowest BCUT2D eigenvalue weighted by Gasteiger charge is -2.33. The van der Waals surface area contributed by atoms with Crippen LogP contribution in [0.2, 0.25) is 0 Å². The van der Waals surface area contributed by atoms with Crippen LogP contribution in [0.4, 0.5) is 5.69 Å². The van der Waals surface area contributed by atoms with Crippen molar-refractivity contribution in [3.8, 4) is 0 Å². The highest BCUT2D eigenvalue weighted by molar-refractivity contribution is 8.29. The van der Waals surface area contributed by atoms with E-state index in [0.717, 1.165) is 16.8 Å². The predicted octanol–water partition coefficient (Wildman–Crippen LogP) is 3.74. The maximum atomic E-state index is 13.4. The number of rotatable bonds is 7. The molecule has 1 unspecified atom stereocenters. The number of aliphatic imine (C=N–C) groups is 1. The van der Waals surface area contributed by atoms with Crippen molar-refractivity contribution < 1.29 is 24.1 Å². The summed E-state index contributed by atoms with van der Waals surface area (Å²) >= 11 is 1.18. The summed E-state index contributed by atoms with van der Waals surface area (Å²) < 4.78 is 4.75. The summed E-state index contributed by atoms with van der Waals surface area (Å²) in [5.74, 6) is -0.742. The van der Waals surface area contributed by atoms with Crippen LogP contribution in [-0.4, -0.2) is 47.8 Å². The third kappa shape index (κ3) is 4.68. The largest absolute Gasteiger partial charge is 0.465 e. The number of thioether (sulfide) groups is 1. The number of hydrogen-bond donors (Lipinski definition) is 1. The van der Waals surface area contributed by atoms with E-state index in [4.69, 9.17) is 14.5 Å². The molecule has 1 atom stereocenters. The molecule has 1 fully saturated rings. The normalized spacial score (nSPS) is 18.9. The fourth-order valence-electron chi connectivity index (χ4n) is 3.55. The number of hydrazone groups is 1. The van der Waals surface area contributed by atoms with Crippen molar-refractivity contribution in [1.29, 1.82) is 0 Å². The van der Waals surface area contributed by atoms with E-state index in [0.29, 0.717) is 16.4 Å². The molecule has 0 spiro atoms. The predicted molar refractivity (Wildman–Crippen MR) is 126 cm³/mol. The molecule has 0 bridgehead atoms. The maximum Gasteiger partial charge on any atom is 0.337 e. The molecule has 0 saturated carbocycles. The highest BCUT2D eigenvalue weighted by atomic mass is 32.2. The first-order chi connectivity index (χ1) is 16.0. The van der Waals surface area contributed by atoms with E-state index in [2.05, 4.69) is 15.5 Å². The zero-order valence-electron chi connectivity index (χ0n) is 18.3. The third-order valence-electron chi connectivity index (χ3n) is 5.13. The molecule has 2 aromatic rings. The molecule has 2 heterocycles. The fraction of sp³-hybridized carbons (Fsp3) is 0.217. The number of allylic oxidation sites excluding steroid dienone is 1. The van der Waals surface area contributed by atoms with Gasteiger partial charge in [-0.3, -0.25) is 15.1 Å². The third-order valence-corrected chi connectivity index (χ3v) is 6.06. The molecule has 10 heteroatoms. The Balaban J connectivity index is 1.63. The zero-order valence-corrected chi connectivity index (χ0v) is 19.1. The van der Waals surface area contributed by atoms with Crippen LogP contribution in [0.1, 0.15) is 28.9 Å². The van der Waals surface area contributed by atoms with Gasteiger partial charge in [-0.15, -0.1) is 0 Å². The molecule has 170 valence electrons. The summed E-state index contributed by atoms with van der Waals surface area (Å²) in [5.41, 5.74) is 6.28. The topological polar surface area (TPSA) is 102 Å². The number of ether oxygens (including phenoxy) is 1. The van der Waals surface area contributed by atoms with Gasteiger partial charge in [0.25, 0.3) is 5.91 Å². The molecule has 2 aliphatic rings. The zero-order chi connectivity index (χ0) is 23.4. The number of amidine groups is 1. The van der Waals surface area contributed by atoms with Crippen molar-refractivity contribution in [3.05, 3.63) is 77.0 Å². The summed E-state index contributed by atoms with van der Waals surface area (Å²) in [6.07, 6.45) is 0. The van der Waals surface area contributed by atoms with Gasteiger partial charge in [-0.1, -0.05) is 36.4 Å². The minimum absolute atomic E-state index is 0.165. The summed E-state index contributed by atoms with van der Waals surface area (Å²) in [6.45, 7) is 2.05. The van der Waals surface area contributed by atoms with Gasteiger partial charge < -0.3 is 4.74 Å². The molecular weight excluding hydrogens is 444 g/mol. The second-order valence-electron chi connectivity index (χ2n) is 7.13. The number of fused-ring (bicyclic) bond motifs is 1. The van der Waals surface area contributed by atoms with E-state index in [9.17, 15) is 9.59 Å². The van der Waals surface area contributed by atoms with Gasteiger partial charge in [0.1, 0.15) is 6.61 Å². The van der Waals surface area contributed by atoms with E-state index in [1.165, 1.54) is 26.0 Å². The lowest BCUT2D eigenvalue weighted by Crippen LogP contribution is -2.39. The first-order valence-corrected chi connectivity index (χ1v) is 10.9. The number of amides is 1. The highest BCUT2D eigenvalue weighted by Gasteiger charge is 2.44. The van der Waals surface area contributed by atoms with Crippen LogP contribution in [0.25, 0.3) is 0 Å². The number of hydrogen-bond acceptors (Lipinski definition) is 9. The average Bonchev–Trinajstić information content (AvgIpc) is 3.15.